The number of carbonyl (C=O) groups excluding carboxylic acids is 1. The van der Waals surface area contributed by atoms with Crippen LogP contribution in [0.1, 0.15) is 0 Å². The summed E-state index contributed by atoms with van der Waals surface area (Å²) in [4.78, 5) is 14.4. The number of nitrogens with zero attached hydrogens (tertiary/aromatic N) is 2. The number of para-hydroxylation sites is 1. The number of amides is 2. The van der Waals surface area contributed by atoms with E-state index in [0.29, 0.717) is 36.8 Å². The molecule has 1 fully saturated rings. The SMILES string of the molecule is CS(=O)(=O)N1CCN(C(=O)Nc2ccccc2S)CC1. The van der Waals surface area contributed by atoms with Gasteiger partial charge in [-0.1, -0.05) is 12.1 Å². The minimum absolute atomic E-state index is 0.236. The van der Waals surface area contributed by atoms with E-state index in [-0.39, 0.29) is 6.03 Å². The van der Waals surface area contributed by atoms with Crippen molar-refractivity contribution in [2.45, 2.75) is 4.90 Å². The number of rotatable bonds is 2. The summed E-state index contributed by atoms with van der Waals surface area (Å²) in [5, 5.41) is 2.78. The molecular formula is C12H17N3O3S2. The fourth-order valence-electron chi connectivity index (χ4n) is 2.00. The Morgan fingerprint density at radius 2 is 1.80 bits per heavy atom. The van der Waals surface area contributed by atoms with Gasteiger partial charge in [-0.3, -0.25) is 0 Å². The quantitative estimate of drug-likeness (QED) is 0.803. The topological polar surface area (TPSA) is 69.7 Å². The first-order chi connectivity index (χ1) is 9.38. The molecule has 6 nitrogen and oxygen atoms in total. The van der Waals surface area contributed by atoms with E-state index in [9.17, 15) is 13.2 Å². The zero-order valence-electron chi connectivity index (χ0n) is 11.1. The Hall–Kier alpha value is -1.25. The van der Waals surface area contributed by atoms with Crippen LogP contribution in [0, 0.1) is 0 Å². The molecule has 8 heteroatoms. The number of thiol groups is 1. The van der Waals surface area contributed by atoms with Crippen LogP contribution in [0.2, 0.25) is 0 Å². The molecule has 0 aromatic heterocycles. The zero-order valence-corrected chi connectivity index (χ0v) is 12.8. The van der Waals surface area contributed by atoms with E-state index in [1.54, 1.807) is 17.0 Å². The molecule has 1 aromatic carbocycles. The minimum atomic E-state index is -3.18. The highest BCUT2D eigenvalue weighted by Gasteiger charge is 2.26. The molecule has 0 atom stereocenters. The van der Waals surface area contributed by atoms with E-state index in [2.05, 4.69) is 17.9 Å². The van der Waals surface area contributed by atoms with E-state index < -0.39 is 10.0 Å². The van der Waals surface area contributed by atoms with Crippen molar-refractivity contribution >= 4 is 34.4 Å². The van der Waals surface area contributed by atoms with Crippen molar-refractivity contribution in [3.63, 3.8) is 0 Å². The van der Waals surface area contributed by atoms with Gasteiger partial charge in [0.15, 0.2) is 0 Å². The van der Waals surface area contributed by atoms with E-state index in [1.165, 1.54) is 10.6 Å². The third-order valence-corrected chi connectivity index (χ3v) is 4.83. The summed E-state index contributed by atoms with van der Waals surface area (Å²) in [7, 11) is -3.18. The molecule has 1 saturated heterocycles. The van der Waals surface area contributed by atoms with Crippen LogP contribution < -0.4 is 5.32 Å². The molecule has 1 aliphatic rings. The Morgan fingerprint density at radius 3 is 2.35 bits per heavy atom. The Balaban J connectivity index is 1.94. The van der Waals surface area contributed by atoms with Crippen LogP contribution in [0.4, 0.5) is 10.5 Å². The van der Waals surface area contributed by atoms with Crippen LogP contribution in [0.3, 0.4) is 0 Å². The fourth-order valence-corrected chi connectivity index (χ4v) is 3.04. The number of hydrogen-bond acceptors (Lipinski definition) is 4. The summed E-state index contributed by atoms with van der Waals surface area (Å²) >= 11 is 4.27. The first-order valence-corrected chi connectivity index (χ1v) is 8.46. The van der Waals surface area contributed by atoms with Crippen LogP contribution in [0.25, 0.3) is 0 Å². The highest BCUT2D eigenvalue weighted by molar-refractivity contribution is 7.88. The number of piperazine rings is 1. The van der Waals surface area contributed by atoms with Crippen LogP contribution in [0.15, 0.2) is 29.2 Å². The predicted molar refractivity (Wildman–Crippen MR) is 80.7 cm³/mol. The molecule has 2 rings (SSSR count). The van der Waals surface area contributed by atoms with Gasteiger partial charge in [0.1, 0.15) is 0 Å². The van der Waals surface area contributed by atoms with Gasteiger partial charge in [0, 0.05) is 31.1 Å². The second-order valence-corrected chi connectivity index (χ2v) is 7.06. The third kappa shape index (κ3) is 3.65. The lowest BCUT2D eigenvalue weighted by Gasteiger charge is -2.33. The molecule has 2 amide bonds. The largest absolute Gasteiger partial charge is 0.322 e. The van der Waals surface area contributed by atoms with E-state index in [1.807, 2.05) is 12.1 Å². The van der Waals surface area contributed by atoms with E-state index in [0.717, 1.165) is 0 Å². The smallest absolute Gasteiger partial charge is 0.321 e. The highest BCUT2D eigenvalue weighted by Crippen LogP contribution is 2.19. The average Bonchev–Trinajstić information content (AvgIpc) is 2.40. The van der Waals surface area contributed by atoms with Gasteiger partial charge < -0.3 is 10.2 Å². The number of carbonyl (C=O) groups is 1. The molecular weight excluding hydrogens is 298 g/mol. The van der Waals surface area contributed by atoms with Gasteiger partial charge in [-0.25, -0.2) is 13.2 Å². The Labute approximate surface area is 124 Å². The van der Waals surface area contributed by atoms with Crippen molar-refractivity contribution < 1.29 is 13.2 Å². The lowest BCUT2D eigenvalue weighted by molar-refractivity contribution is 0.184. The van der Waals surface area contributed by atoms with Crippen LogP contribution >= 0.6 is 12.6 Å². The number of anilines is 1. The number of urea groups is 1. The molecule has 1 aliphatic heterocycles. The first kappa shape index (κ1) is 15.1. The molecule has 0 radical (unpaired) electrons. The molecule has 20 heavy (non-hydrogen) atoms. The van der Waals surface area contributed by atoms with Crippen LogP contribution in [-0.2, 0) is 10.0 Å². The summed E-state index contributed by atoms with van der Waals surface area (Å²) in [5.74, 6) is 0. The van der Waals surface area contributed by atoms with Crippen LogP contribution in [-0.4, -0.2) is 56.1 Å². The van der Waals surface area contributed by atoms with E-state index >= 15 is 0 Å². The molecule has 0 saturated carbocycles. The zero-order chi connectivity index (χ0) is 14.8. The molecule has 0 spiro atoms. The van der Waals surface area contributed by atoms with Crippen molar-refractivity contribution in [2.75, 3.05) is 37.8 Å². The second kappa shape index (κ2) is 6.02. The summed E-state index contributed by atoms with van der Waals surface area (Å²) < 4.78 is 24.2. The molecule has 110 valence electrons. The third-order valence-electron chi connectivity index (χ3n) is 3.14. The molecule has 1 heterocycles. The highest BCUT2D eigenvalue weighted by atomic mass is 32.2. The van der Waals surface area contributed by atoms with Gasteiger partial charge in [-0.05, 0) is 12.1 Å². The van der Waals surface area contributed by atoms with Gasteiger partial charge in [-0.15, -0.1) is 12.6 Å². The predicted octanol–water partition coefficient (Wildman–Crippen LogP) is 1.08. The van der Waals surface area contributed by atoms with Crippen LogP contribution in [0.5, 0.6) is 0 Å². The molecule has 1 aromatic rings. The maximum Gasteiger partial charge on any atom is 0.321 e. The van der Waals surface area contributed by atoms with Crippen molar-refractivity contribution in [3.05, 3.63) is 24.3 Å². The number of benzene rings is 1. The van der Waals surface area contributed by atoms with Gasteiger partial charge in [0.2, 0.25) is 10.0 Å². The fraction of sp³-hybridized carbons (Fsp3) is 0.417. The monoisotopic (exact) mass is 315 g/mol. The minimum Gasteiger partial charge on any atom is -0.322 e. The van der Waals surface area contributed by atoms with Crippen molar-refractivity contribution in [1.29, 1.82) is 0 Å². The Kier molecular flexibility index (Phi) is 4.56. The molecule has 0 unspecified atom stereocenters. The molecule has 0 aliphatic carbocycles. The number of hydrogen-bond donors (Lipinski definition) is 2. The van der Waals surface area contributed by atoms with E-state index in [4.69, 9.17) is 0 Å². The maximum atomic E-state index is 12.1. The number of sulfonamides is 1. The van der Waals surface area contributed by atoms with Crippen molar-refractivity contribution in [2.24, 2.45) is 0 Å². The Morgan fingerprint density at radius 1 is 1.20 bits per heavy atom. The van der Waals surface area contributed by atoms with Gasteiger partial charge in [0.25, 0.3) is 0 Å². The number of nitrogens with one attached hydrogen (secondary N) is 1. The second-order valence-electron chi connectivity index (χ2n) is 4.60. The average molecular weight is 315 g/mol. The molecule has 1 N–H and O–H groups in total. The lowest BCUT2D eigenvalue weighted by Crippen LogP contribution is -2.51. The van der Waals surface area contributed by atoms with Crippen molar-refractivity contribution in [1.82, 2.24) is 9.21 Å². The first-order valence-electron chi connectivity index (χ1n) is 6.17. The standard InChI is InChI=1S/C12H17N3O3S2/c1-20(17,18)15-8-6-14(7-9-15)12(16)13-10-4-2-3-5-11(10)19/h2-5,19H,6-9H2,1H3,(H,13,16). The van der Waals surface area contributed by atoms with Gasteiger partial charge in [0.05, 0.1) is 11.9 Å². The summed E-state index contributed by atoms with van der Waals surface area (Å²) in [6, 6.07) is 6.98. The summed E-state index contributed by atoms with van der Waals surface area (Å²) in [5.41, 5.74) is 0.645. The Bertz CT molecular complexity index is 596. The summed E-state index contributed by atoms with van der Waals surface area (Å²) in [6.07, 6.45) is 1.18. The van der Waals surface area contributed by atoms with Gasteiger partial charge >= 0.3 is 6.03 Å². The maximum absolute atomic E-state index is 12.1. The molecule has 0 bridgehead atoms. The lowest BCUT2D eigenvalue weighted by atomic mass is 10.3. The summed E-state index contributed by atoms with van der Waals surface area (Å²) in [6.45, 7) is 1.42. The van der Waals surface area contributed by atoms with Crippen molar-refractivity contribution in [3.8, 4) is 0 Å². The van der Waals surface area contributed by atoms with Gasteiger partial charge in [-0.2, -0.15) is 4.31 Å². The normalized spacial score (nSPS) is 17.0.